The summed E-state index contributed by atoms with van der Waals surface area (Å²) in [5.74, 6) is -2.48. The van der Waals surface area contributed by atoms with Crippen LogP contribution in [-0.2, 0) is 45.2 Å². The summed E-state index contributed by atoms with van der Waals surface area (Å²) in [4.78, 5) is 52.2. The fourth-order valence-corrected chi connectivity index (χ4v) is 6.25. The molecule has 12 nitrogen and oxygen atoms in total. The molecule has 2 amide bonds. The number of aromatic hydroxyl groups is 1. The van der Waals surface area contributed by atoms with Gasteiger partial charge in [-0.05, 0) is 59.2 Å². The number of piperidine rings is 1. The summed E-state index contributed by atoms with van der Waals surface area (Å²) in [5.41, 5.74) is 4.31. The summed E-state index contributed by atoms with van der Waals surface area (Å²) in [7, 11) is 0. The molecule has 0 bridgehead atoms. The van der Waals surface area contributed by atoms with Crippen molar-refractivity contribution in [2.24, 2.45) is 0 Å². The number of halogens is 3. The summed E-state index contributed by atoms with van der Waals surface area (Å²) < 4.78 is 41.7. The summed E-state index contributed by atoms with van der Waals surface area (Å²) >= 11 is 0. The number of aryl methyl sites for hydroxylation is 1. The molecule has 0 saturated carbocycles. The highest BCUT2D eigenvalue weighted by Crippen LogP contribution is 2.28. The van der Waals surface area contributed by atoms with Crippen LogP contribution in [-0.4, -0.2) is 76.3 Å². The van der Waals surface area contributed by atoms with E-state index < -0.39 is 24.4 Å². The number of carbonyl (C=O) groups excluding carboxylic acids is 3. The van der Waals surface area contributed by atoms with Crippen LogP contribution < -0.4 is 21.5 Å². The van der Waals surface area contributed by atoms with E-state index in [1.54, 1.807) is 12.1 Å². The van der Waals surface area contributed by atoms with Crippen LogP contribution in [0.2, 0.25) is 0 Å². The Kier molecular flexibility index (Phi) is 13.8. The number of aliphatic hydroxyl groups is 1. The fourth-order valence-electron chi connectivity index (χ4n) is 6.25. The maximum Gasteiger partial charge on any atom is 0.490 e. The Hall–Kier alpha value is -5.25. The van der Waals surface area contributed by atoms with Gasteiger partial charge in [0.2, 0.25) is 17.4 Å². The Bertz CT molecular complexity index is 1960. The molecule has 3 aromatic carbocycles. The van der Waals surface area contributed by atoms with Crippen molar-refractivity contribution in [1.29, 1.82) is 0 Å². The number of esters is 1. The molecule has 1 aromatic heterocycles. The highest BCUT2D eigenvalue weighted by Gasteiger charge is 2.42. The molecular weight excluding hydrogens is 707 g/mol. The number of phenolic OH excluding ortho intramolecular Hbond substituents is 1. The van der Waals surface area contributed by atoms with E-state index in [1.807, 2.05) is 53.4 Å². The third-order valence-corrected chi connectivity index (χ3v) is 9.26. The number of amides is 2. The first-order valence-corrected chi connectivity index (χ1v) is 17.8. The number of aliphatic hydroxyl groups excluding tert-OH is 1. The Labute approximate surface area is 309 Å². The molecule has 4 aromatic rings. The zero-order chi connectivity index (χ0) is 38.7. The molecule has 0 radical (unpaired) electrons. The first-order valence-electron chi connectivity index (χ1n) is 17.8. The Morgan fingerprint density at radius 3 is 2.17 bits per heavy atom. The molecule has 1 aliphatic heterocycles. The standard InChI is InChI=1S/C39H44F3N5O7/c40-39(41,42)38(53)54-29-14-17-47(18-15-29)19-16-35(51)45-23-27-6-4-26(5-7-27)22-44-34(50)12-8-25-2-1-3-28(20-25)21-43-24-33(49)30-9-11-32(48)37-31(30)10-13-36(52)46-37/h1-7,9-11,13,20,29,33,43,48-49H,8,12,14-19,21-24H2,(H,44,50)(H,45,51)(H,46,52)/t33-/m0/s1. The van der Waals surface area contributed by atoms with Gasteiger partial charge in [-0.15, -0.1) is 0 Å². The van der Waals surface area contributed by atoms with Crippen molar-refractivity contribution in [3.05, 3.63) is 111 Å². The first-order chi connectivity index (χ1) is 25.8. The Balaban J connectivity index is 0.955. The average Bonchev–Trinajstić information content (AvgIpc) is 3.15. The number of phenols is 1. The van der Waals surface area contributed by atoms with Gasteiger partial charge in [0.25, 0.3) is 0 Å². The number of carbonyl (C=O) groups is 3. The highest BCUT2D eigenvalue weighted by atomic mass is 19.4. The smallest absolute Gasteiger partial charge is 0.490 e. The van der Waals surface area contributed by atoms with Crippen LogP contribution in [0, 0.1) is 0 Å². The van der Waals surface area contributed by atoms with Crippen LogP contribution >= 0.6 is 0 Å². The average molecular weight is 752 g/mol. The summed E-state index contributed by atoms with van der Waals surface area (Å²) in [6, 6.07) is 21.4. The van der Waals surface area contributed by atoms with Gasteiger partial charge in [0.1, 0.15) is 11.9 Å². The molecule has 288 valence electrons. The molecule has 1 aliphatic rings. The monoisotopic (exact) mass is 751 g/mol. The fraction of sp³-hybridized carbons (Fsp3) is 0.385. The molecule has 6 N–H and O–H groups in total. The predicted octanol–water partition coefficient (Wildman–Crippen LogP) is 3.88. The van der Waals surface area contributed by atoms with Crippen molar-refractivity contribution < 1.29 is 42.5 Å². The number of ether oxygens (including phenoxy) is 1. The van der Waals surface area contributed by atoms with Crippen LogP contribution in [0.4, 0.5) is 13.2 Å². The molecule has 15 heteroatoms. The quantitative estimate of drug-likeness (QED) is 0.0930. The highest BCUT2D eigenvalue weighted by molar-refractivity contribution is 5.87. The van der Waals surface area contributed by atoms with E-state index in [2.05, 4.69) is 25.7 Å². The first kappa shape index (κ1) is 39.9. The zero-order valence-electron chi connectivity index (χ0n) is 29.6. The van der Waals surface area contributed by atoms with E-state index in [0.29, 0.717) is 63.1 Å². The van der Waals surface area contributed by atoms with Gasteiger partial charge in [0, 0.05) is 70.1 Å². The molecular formula is C39H44F3N5O7. The van der Waals surface area contributed by atoms with Gasteiger partial charge in [-0.25, -0.2) is 4.79 Å². The minimum Gasteiger partial charge on any atom is -0.506 e. The van der Waals surface area contributed by atoms with Crippen molar-refractivity contribution in [3.63, 3.8) is 0 Å². The van der Waals surface area contributed by atoms with E-state index >= 15 is 0 Å². The molecule has 1 saturated heterocycles. The summed E-state index contributed by atoms with van der Waals surface area (Å²) in [6.45, 7) is 2.74. The van der Waals surface area contributed by atoms with Gasteiger partial charge < -0.3 is 40.8 Å². The number of fused-ring (bicyclic) bond motifs is 1. The molecule has 1 fully saturated rings. The van der Waals surface area contributed by atoms with Crippen molar-refractivity contribution in [2.45, 2.75) is 70.1 Å². The number of pyridine rings is 1. The number of alkyl halides is 3. The topological polar surface area (TPSA) is 173 Å². The molecule has 2 heterocycles. The summed E-state index contributed by atoms with van der Waals surface area (Å²) in [6.07, 6.45) is -5.00. The maximum absolute atomic E-state index is 12.6. The van der Waals surface area contributed by atoms with Crippen molar-refractivity contribution in [3.8, 4) is 5.75 Å². The number of hydrogen-bond acceptors (Lipinski definition) is 9. The minimum absolute atomic E-state index is 0.0677. The van der Waals surface area contributed by atoms with Crippen molar-refractivity contribution in [1.82, 2.24) is 25.8 Å². The minimum atomic E-state index is -5.00. The second kappa shape index (κ2) is 18.7. The number of benzene rings is 3. The van der Waals surface area contributed by atoms with Gasteiger partial charge in [0.15, 0.2) is 0 Å². The van der Waals surface area contributed by atoms with E-state index in [1.165, 1.54) is 12.1 Å². The van der Waals surface area contributed by atoms with Crippen molar-refractivity contribution >= 4 is 28.7 Å². The van der Waals surface area contributed by atoms with Crippen LogP contribution in [0.15, 0.2) is 77.6 Å². The lowest BCUT2D eigenvalue weighted by atomic mass is 10.0. The Morgan fingerprint density at radius 2 is 1.50 bits per heavy atom. The number of nitrogens with zero attached hydrogens (tertiary/aromatic N) is 1. The number of rotatable bonds is 16. The second-order valence-corrected chi connectivity index (χ2v) is 13.3. The number of aromatic amines is 1. The lowest BCUT2D eigenvalue weighted by Crippen LogP contribution is -2.41. The third kappa shape index (κ3) is 11.9. The largest absolute Gasteiger partial charge is 0.506 e. The van der Waals surface area contributed by atoms with Crippen LogP contribution in [0.5, 0.6) is 5.75 Å². The van der Waals surface area contributed by atoms with Gasteiger partial charge in [-0.3, -0.25) is 14.4 Å². The van der Waals surface area contributed by atoms with Gasteiger partial charge in [-0.2, -0.15) is 13.2 Å². The number of H-pyrrole nitrogens is 1. The van der Waals surface area contributed by atoms with Crippen LogP contribution in [0.1, 0.15) is 59.6 Å². The molecule has 0 aliphatic carbocycles. The van der Waals surface area contributed by atoms with Gasteiger partial charge in [-0.1, -0.05) is 54.6 Å². The lowest BCUT2D eigenvalue weighted by Gasteiger charge is -2.31. The van der Waals surface area contributed by atoms with Crippen LogP contribution in [0.25, 0.3) is 10.9 Å². The van der Waals surface area contributed by atoms with E-state index in [4.69, 9.17) is 0 Å². The van der Waals surface area contributed by atoms with Gasteiger partial charge >= 0.3 is 12.1 Å². The van der Waals surface area contributed by atoms with Crippen molar-refractivity contribution in [2.75, 3.05) is 26.2 Å². The predicted molar refractivity (Wildman–Crippen MR) is 194 cm³/mol. The molecule has 0 unspecified atom stereocenters. The lowest BCUT2D eigenvalue weighted by molar-refractivity contribution is -0.206. The van der Waals surface area contributed by atoms with E-state index in [-0.39, 0.29) is 54.4 Å². The number of nitrogens with one attached hydrogen (secondary N) is 4. The zero-order valence-corrected chi connectivity index (χ0v) is 29.6. The SMILES string of the molecule is O=C(CCc1cccc(CNC[C@H](O)c2ccc(O)c3[nH]c(=O)ccc23)c1)NCc1ccc(CNC(=O)CCN2CCC(OC(=O)C(F)(F)F)CC2)cc1. The third-order valence-electron chi connectivity index (χ3n) is 9.26. The number of likely N-dealkylation sites (tertiary alicyclic amines) is 1. The second-order valence-electron chi connectivity index (χ2n) is 13.3. The van der Waals surface area contributed by atoms with Crippen LogP contribution in [0.3, 0.4) is 0 Å². The number of hydrogen-bond donors (Lipinski definition) is 6. The van der Waals surface area contributed by atoms with E-state index in [0.717, 1.165) is 22.3 Å². The summed E-state index contributed by atoms with van der Waals surface area (Å²) in [5, 5.41) is 30.5. The molecule has 54 heavy (non-hydrogen) atoms. The Morgan fingerprint density at radius 1 is 0.852 bits per heavy atom. The number of aromatic nitrogens is 1. The maximum atomic E-state index is 12.6. The normalized spacial score (nSPS) is 14.4. The molecule has 0 spiro atoms. The van der Waals surface area contributed by atoms with E-state index in [9.17, 15) is 42.6 Å². The molecule has 1 atom stereocenters. The molecule has 5 rings (SSSR count). The van der Waals surface area contributed by atoms with Gasteiger partial charge in [0.05, 0.1) is 11.6 Å².